The average Bonchev–Trinajstić information content (AvgIpc) is 2.83. The molecule has 3 aromatic rings. The van der Waals surface area contributed by atoms with E-state index in [1.54, 1.807) is 4.90 Å². The van der Waals surface area contributed by atoms with Crippen molar-refractivity contribution >= 4 is 17.5 Å². The highest BCUT2D eigenvalue weighted by Crippen LogP contribution is 2.18. The van der Waals surface area contributed by atoms with Crippen molar-refractivity contribution in [1.82, 2.24) is 19.6 Å². The number of piperazine rings is 1. The van der Waals surface area contributed by atoms with Gasteiger partial charge in [0, 0.05) is 37.9 Å². The number of amides is 2. The molecule has 34 heavy (non-hydrogen) atoms. The number of hydrogen-bond acceptors (Lipinski definition) is 5. The summed E-state index contributed by atoms with van der Waals surface area (Å²) in [7, 11) is 0. The zero-order valence-corrected chi connectivity index (χ0v) is 19.1. The Morgan fingerprint density at radius 1 is 0.971 bits per heavy atom. The average molecular weight is 464 g/mol. The molecule has 0 bridgehead atoms. The molecule has 0 saturated carbocycles. The number of benzene rings is 2. The highest BCUT2D eigenvalue weighted by Gasteiger charge is 2.25. The molecule has 1 N–H and O–H groups in total. The molecule has 0 atom stereocenters. The van der Waals surface area contributed by atoms with Crippen LogP contribution in [0.4, 0.5) is 10.1 Å². The number of nitrogens with one attached hydrogen (secondary N) is 1. The summed E-state index contributed by atoms with van der Waals surface area (Å²) in [6, 6.07) is 13.8. The normalized spacial score (nSPS) is 14.1. The van der Waals surface area contributed by atoms with Gasteiger partial charge >= 0.3 is 0 Å². The Morgan fingerprint density at radius 3 is 2.38 bits per heavy atom. The largest absolute Gasteiger partial charge is 0.335 e. The Morgan fingerprint density at radius 2 is 1.68 bits per heavy atom. The van der Waals surface area contributed by atoms with Crippen molar-refractivity contribution in [3.8, 4) is 5.69 Å². The Labute approximate surface area is 196 Å². The number of carbonyl (C=O) groups is 2. The van der Waals surface area contributed by atoms with Gasteiger partial charge in [0.1, 0.15) is 11.5 Å². The molecule has 0 spiro atoms. The van der Waals surface area contributed by atoms with Crippen LogP contribution in [-0.4, -0.2) is 64.1 Å². The quantitative estimate of drug-likeness (QED) is 0.628. The lowest BCUT2D eigenvalue weighted by atomic mass is 10.1. The van der Waals surface area contributed by atoms with Crippen molar-refractivity contribution in [1.29, 1.82) is 0 Å². The number of aromatic nitrogens is 2. The van der Waals surface area contributed by atoms with E-state index < -0.39 is 11.4 Å². The van der Waals surface area contributed by atoms with Crippen LogP contribution in [0.3, 0.4) is 0 Å². The molecule has 0 aliphatic carbocycles. The van der Waals surface area contributed by atoms with Gasteiger partial charge in [-0.3, -0.25) is 19.3 Å². The third kappa shape index (κ3) is 5.20. The third-order valence-electron chi connectivity index (χ3n) is 6.00. The molecule has 176 valence electrons. The van der Waals surface area contributed by atoms with Crippen LogP contribution in [0, 0.1) is 19.7 Å². The van der Waals surface area contributed by atoms with E-state index in [0.29, 0.717) is 31.9 Å². The molecule has 0 radical (unpaired) electrons. The lowest BCUT2D eigenvalue weighted by molar-refractivity contribution is -0.117. The molecule has 1 aliphatic rings. The van der Waals surface area contributed by atoms with Gasteiger partial charge in [0.05, 0.1) is 12.2 Å². The highest BCUT2D eigenvalue weighted by molar-refractivity contribution is 5.93. The SMILES string of the molecule is Cc1cccc(NC(=O)CN2CCN(C(=O)c3ccc(=O)n(-c4ccc(F)cc4)n3)CC2)c1C. The van der Waals surface area contributed by atoms with E-state index >= 15 is 0 Å². The first-order valence-electron chi connectivity index (χ1n) is 11.1. The maximum Gasteiger partial charge on any atom is 0.274 e. The summed E-state index contributed by atoms with van der Waals surface area (Å²) < 4.78 is 14.3. The van der Waals surface area contributed by atoms with Crippen molar-refractivity contribution in [3.05, 3.63) is 87.6 Å². The van der Waals surface area contributed by atoms with Crippen LogP contribution in [0.15, 0.2) is 59.4 Å². The lowest BCUT2D eigenvalue weighted by Crippen LogP contribution is -2.50. The number of halogens is 1. The molecule has 1 saturated heterocycles. The van der Waals surface area contributed by atoms with Crippen LogP contribution in [0.25, 0.3) is 5.69 Å². The first kappa shape index (κ1) is 23.3. The molecule has 1 fully saturated rings. The summed E-state index contributed by atoms with van der Waals surface area (Å²) in [4.78, 5) is 41.3. The zero-order chi connectivity index (χ0) is 24.2. The van der Waals surface area contributed by atoms with Crippen LogP contribution in [0.1, 0.15) is 21.6 Å². The summed E-state index contributed by atoms with van der Waals surface area (Å²) in [5.74, 6) is -0.818. The monoisotopic (exact) mass is 463 g/mol. The molecular formula is C25H26FN5O3. The number of carbonyl (C=O) groups excluding carboxylic acids is 2. The van der Waals surface area contributed by atoms with Gasteiger partial charge in [0.25, 0.3) is 11.5 Å². The van der Waals surface area contributed by atoms with Crippen molar-refractivity contribution in [2.45, 2.75) is 13.8 Å². The number of nitrogens with zero attached hydrogens (tertiary/aromatic N) is 4. The van der Waals surface area contributed by atoms with Crippen LogP contribution in [0.5, 0.6) is 0 Å². The predicted octanol–water partition coefficient (Wildman–Crippen LogP) is 2.38. The van der Waals surface area contributed by atoms with Crippen molar-refractivity contribution in [3.63, 3.8) is 0 Å². The van der Waals surface area contributed by atoms with Gasteiger partial charge in [-0.15, -0.1) is 0 Å². The Kier molecular flexibility index (Phi) is 6.83. The van der Waals surface area contributed by atoms with Gasteiger partial charge in [-0.1, -0.05) is 12.1 Å². The molecule has 1 aromatic heterocycles. The summed E-state index contributed by atoms with van der Waals surface area (Å²) in [6.07, 6.45) is 0. The maximum absolute atomic E-state index is 13.2. The fourth-order valence-corrected chi connectivity index (χ4v) is 3.84. The third-order valence-corrected chi connectivity index (χ3v) is 6.00. The molecule has 2 amide bonds. The fourth-order valence-electron chi connectivity index (χ4n) is 3.84. The standard InChI is InChI=1S/C25H26FN5O3/c1-17-4-3-5-21(18(17)2)27-23(32)16-29-12-14-30(15-13-29)25(34)22-10-11-24(33)31(28-22)20-8-6-19(26)7-9-20/h3-11H,12-16H2,1-2H3,(H,27,32). The molecule has 2 heterocycles. The van der Waals surface area contributed by atoms with Crippen molar-refractivity contribution < 1.29 is 14.0 Å². The molecular weight excluding hydrogens is 437 g/mol. The Balaban J connectivity index is 1.36. The highest BCUT2D eigenvalue weighted by atomic mass is 19.1. The van der Waals surface area contributed by atoms with Gasteiger partial charge in [-0.05, 0) is 61.4 Å². The van der Waals surface area contributed by atoms with Crippen LogP contribution >= 0.6 is 0 Å². The van der Waals surface area contributed by atoms with E-state index in [-0.39, 0.29) is 24.1 Å². The fraction of sp³-hybridized carbons (Fsp3) is 0.280. The van der Waals surface area contributed by atoms with Crippen LogP contribution in [-0.2, 0) is 4.79 Å². The smallest absolute Gasteiger partial charge is 0.274 e. The zero-order valence-electron chi connectivity index (χ0n) is 19.1. The van der Waals surface area contributed by atoms with Crippen LogP contribution in [0.2, 0.25) is 0 Å². The van der Waals surface area contributed by atoms with E-state index in [4.69, 9.17) is 0 Å². The summed E-state index contributed by atoms with van der Waals surface area (Å²) in [5.41, 5.74) is 3.06. The number of anilines is 1. The molecule has 2 aromatic carbocycles. The van der Waals surface area contributed by atoms with E-state index in [0.717, 1.165) is 21.5 Å². The van der Waals surface area contributed by atoms with Crippen molar-refractivity contribution in [2.24, 2.45) is 0 Å². The van der Waals surface area contributed by atoms with E-state index in [1.165, 1.54) is 36.4 Å². The van der Waals surface area contributed by atoms with Gasteiger partial charge < -0.3 is 10.2 Å². The minimum Gasteiger partial charge on any atom is -0.335 e. The van der Waals surface area contributed by atoms with E-state index in [1.807, 2.05) is 36.9 Å². The first-order chi connectivity index (χ1) is 16.3. The molecule has 0 unspecified atom stereocenters. The topological polar surface area (TPSA) is 87.5 Å². The second-order valence-corrected chi connectivity index (χ2v) is 8.31. The van der Waals surface area contributed by atoms with Gasteiger partial charge in [-0.25, -0.2) is 4.39 Å². The summed E-state index contributed by atoms with van der Waals surface area (Å²) >= 11 is 0. The molecule has 4 rings (SSSR count). The minimum atomic E-state index is -0.426. The van der Waals surface area contributed by atoms with Gasteiger partial charge in [0.2, 0.25) is 5.91 Å². The summed E-state index contributed by atoms with van der Waals surface area (Å²) in [5, 5.41) is 7.15. The second kappa shape index (κ2) is 9.96. The minimum absolute atomic E-state index is 0.0958. The van der Waals surface area contributed by atoms with E-state index in [2.05, 4.69) is 10.4 Å². The maximum atomic E-state index is 13.2. The number of hydrogen-bond donors (Lipinski definition) is 1. The Bertz CT molecular complexity index is 1260. The van der Waals surface area contributed by atoms with Gasteiger partial charge in [0.15, 0.2) is 0 Å². The number of rotatable bonds is 5. The lowest BCUT2D eigenvalue weighted by Gasteiger charge is -2.34. The molecule has 9 heteroatoms. The van der Waals surface area contributed by atoms with Crippen LogP contribution < -0.4 is 10.9 Å². The summed E-state index contributed by atoms with van der Waals surface area (Å²) in [6.45, 7) is 6.18. The number of aryl methyl sites for hydroxylation is 1. The first-order valence-corrected chi connectivity index (χ1v) is 11.1. The van der Waals surface area contributed by atoms with Crippen molar-refractivity contribution in [2.75, 3.05) is 38.0 Å². The van der Waals surface area contributed by atoms with Gasteiger partial charge in [-0.2, -0.15) is 9.78 Å². The van der Waals surface area contributed by atoms with E-state index in [9.17, 15) is 18.8 Å². The molecule has 1 aliphatic heterocycles. The second-order valence-electron chi connectivity index (χ2n) is 8.31. The molecule has 8 nitrogen and oxygen atoms in total. The predicted molar refractivity (Wildman–Crippen MR) is 127 cm³/mol. The Hall–Kier alpha value is -3.85.